The Morgan fingerprint density at radius 1 is 1.12 bits per heavy atom. The van der Waals surface area contributed by atoms with E-state index in [1.165, 1.54) is 14.2 Å². The Kier molecular flexibility index (Phi) is 4.54. The number of hydrogen-bond acceptors (Lipinski definition) is 7. The van der Waals surface area contributed by atoms with Crippen LogP contribution in [-0.4, -0.2) is 40.8 Å². The fourth-order valence-corrected chi connectivity index (χ4v) is 2.97. The Hall–Kier alpha value is -2.74. The normalized spacial score (nSPS) is 10.9. The zero-order valence-electron chi connectivity index (χ0n) is 14.3. The molecule has 3 aromatic rings. The molecule has 0 bridgehead atoms. The molecule has 8 nitrogen and oxygen atoms in total. The van der Waals surface area contributed by atoms with Crippen LogP contribution in [-0.2, 0) is 6.54 Å². The Labute approximate surface area is 149 Å². The van der Waals surface area contributed by atoms with Crippen LogP contribution in [0, 0.1) is 6.92 Å². The molecule has 0 atom stereocenters. The summed E-state index contributed by atoms with van der Waals surface area (Å²) in [6.45, 7) is 2.24. The van der Waals surface area contributed by atoms with Crippen LogP contribution < -0.4 is 19.9 Å². The van der Waals surface area contributed by atoms with Crippen molar-refractivity contribution in [3.8, 4) is 17.2 Å². The molecular weight excluding hydrogens is 346 g/mol. The summed E-state index contributed by atoms with van der Waals surface area (Å²) >= 11 is 6.50. The molecule has 0 aliphatic heterocycles. The number of nitrogens with zero attached hydrogens (tertiary/aromatic N) is 4. The number of aryl methyl sites for hydroxylation is 1. The maximum atomic E-state index is 6.50. The van der Waals surface area contributed by atoms with Crippen molar-refractivity contribution in [3.63, 3.8) is 0 Å². The second kappa shape index (κ2) is 6.64. The first kappa shape index (κ1) is 17.1. The highest BCUT2D eigenvalue weighted by Gasteiger charge is 2.20. The van der Waals surface area contributed by atoms with E-state index in [-0.39, 0.29) is 5.95 Å². The summed E-state index contributed by atoms with van der Waals surface area (Å²) in [6.07, 6.45) is 1.67. The van der Waals surface area contributed by atoms with E-state index in [9.17, 15) is 0 Å². The van der Waals surface area contributed by atoms with Gasteiger partial charge in [0, 0.05) is 0 Å². The smallest absolute Gasteiger partial charge is 0.222 e. The van der Waals surface area contributed by atoms with Crippen LogP contribution in [0.15, 0.2) is 12.4 Å². The molecule has 2 N–H and O–H groups in total. The Morgan fingerprint density at radius 2 is 1.84 bits per heavy atom. The van der Waals surface area contributed by atoms with Gasteiger partial charge in [0.05, 0.1) is 44.9 Å². The number of imidazole rings is 1. The number of aromatic nitrogens is 4. The van der Waals surface area contributed by atoms with Gasteiger partial charge in [0.25, 0.3) is 0 Å². The van der Waals surface area contributed by atoms with Crippen molar-refractivity contribution in [3.05, 3.63) is 28.7 Å². The van der Waals surface area contributed by atoms with E-state index in [0.29, 0.717) is 40.0 Å². The van der Waals surface area contributed by atoms with Gasteiger partial charge in [-0.1, -0.05) is 11.6 Å². The van der Waals surface area contributed by atoms with Gasteiger partial charge in [-0.25, -0.2) is 9.97 Å². The SMILES string of the molecule is COc1cc(Cn2cnc3c(C)nc(N)nc32)c(Cl)c(OC)c1OC. The van der Waals surface area contributed by atoms with Crippen molar-refractivity contribution in [2.24, 2.45) is 0 Å². The third kappa shape index (κ3) is 2.89. The first-order valence-electron chi connectivity index (χ1n) is 7.42. The molecule has 0 aliphatic rings. The maximum absolute atomic E-state index is 6.50. The second-order valence-electron chi connectivity index (χ2n) is 5.33. The Bertz CT molecular complexity index is 941. The van der Waals surface area contributed by atoms with Crippen molar-refractivity contribution >= 4 is 28.7 Å². The number of methoxy groups -OCH3 is 3. The number of ether oxygens (including phenoxy) is 3. The monoisotopic (exact) mass is 363 g/mol. The molecule has 0 amide bonds. The number of nitrogen functional groups attached to an aromatic ring is 1. The summed E-state index contributed by atoms with van der Waals surface area (Å²) in [5.74, 6) is 1.57. The molecule has 25 heavy (non-hydrogen) atoms. The molecule has 132 valence electrons. The minimum Gasteiger partial charge on any atom is -0.493 e. The fraction of sp³-hybridized carbons (Fsp3) is 0.312. The van der Waals surface area contributed by atoms with Crippen LogP contribution in [0.25, 0.3) is 11.2 Å². The second-order valence-corrected chi connectivity index (χ2v) is 5.71. The Morgan fingerprint density at radius 3 is 2.48 bits per heavy atom. The van der Waals surface area contributed by atoms with E-state index in [2.05, 4.69) is 15.0 Å². The van der Waals surface area contributed by atoms with Gasteiger partial charge in [0.1, 0.15) is 5.52 Å². The number of anilines is 1. The maximum Gasteiger partial charge on any atom is 0.222 e. The van der Waals surface area contributed by atoms with Crippen molar-refractivity contribution in [1.82, 2.24) is 19.5 Å². The molecule has 0 spiro atoms. The highest BCUT2D eigenvalue weighted by molar-refractivity contribution is 6.33. The zero-order valence-corrected chi connectivity index (χ0v) is 15.1. The van der Waals surface area contributed by atoms with Crippen LogP contribution >= 0.6 is 11.6 Å². The summed E-state index contributed by atoms with van der Waals surface area (Å²) in [6, 6.07) is 1.80. The topological polar surface area (TPSA) is 97.3 Å². The quantitative estimate of drug-likeness (QED) is 0.743. The summed E-state index contributed by atoms with van der Waals surface area (Å²) in [5.41, 5.74) is 8.57. The number of hydrogen-bond donors (Lipinski definition) is 1. The minimum absolute atomic E-state index is 0.197. The molecular formula is C16H18ClN5O3. The van der Waals surface area contributed by atoms with Crippen molar-refractivity contribution < 1.29 is 14.2 Å². The highest BCUT2D eigenvalue weighted by atomic mass is 35.5. The van der Waals surface area contributed by atoms with E-state index in [1.54, 1.807) is 19.5 Å². The van der Waals surface area contributed by atoms with Crippen molar-refractivity contribution in [2.45, 2.75) is 13.5 Å². The van der Waals surface area contributed by atoms with Gasteiger partial charge in [-0.2, -0.15) is 4.98 Å². The average molecular weight is 364 g/mol. The van der Waals surface area contributed by atoms with Crippen LogP contribution in [0.5, 0.6) is 17.2 Å². The fourth-order valence-electron chi connectivity index (χ4n) is 2.69. The highest BCUT2D eigenvalue weighted by Crippen LogP contribution is 2.44. The van der Waals surface area contributed by atoms with Crippen LogP contribution in [0.1, 0.15) is 11.3 Å². The van der Waals surface area contributed by atoms with Crippen LogP contribution in [0.3, 0.4) is 0 Å². The summed E-state index contributed by atoms with van der Waals surface area (Å²) in [4.78, 5) is 12.8. The minimum atomic E-state index is 0.197. The standard InChI is InChI=1S/C16H18ClN5O3/c1-8-12-15(21-16(18)20-8)22(7-19-12)6-9-5-10(23-2)13(24-3)14(25-4)11(9)17/h5,7H,6H2,1-4H3,(H2,18,20,21). The third-order valence-corrected chi connectivity index (χ3v) is 4.26. The largest absolute Gasteiger partial charge is 0.493 e. The predicted molar refractivity (Wildman–Crippen MR) is 94.7 cm³/mol. The molecule has 3 rings (SSSR count). The molecule has 0 radical (unpaired) electrons. The summed E-state index contributed by atoms with van der Waals surface area (Å²) < 4.78 is 18.0. The lowest BCUT2D eigenvalue weighted by molar-refractivity contribution is 0.324. The van der Waals surface area contributed by atoms with Gasteiger partial charge >= 0.3 is 0 Å². The van der Waals surface area contributed by atoms with E-state index in [0.717, 1.165) is 11.3 Å². The van der Waals surface area contributed by atoms with Crippen LogP contribution in [0.2, 0.25) is 5.02 Å². The van der Waals surface area contributed by atoms with Gasteiger partial charge in [-0.05, 0) is 18.6 Å². The first-order valence-corrected chi connectivity index (χ1v) is 7.80. The lowest BCUT2D eigenvalue weighted by atomic mass is 10.1. The zero-order chi connectivity index (χ0) is 18.1. The average Bonchev–Trinajstić information content (AvgIpc) is 2.99. The summed E-state index contributed by atoms with van der Waals surface area (Å²) in [5, 5.41) is 0.431. The molecule has 2 heterocycles. The number of nitrogens with two attached hydrogens (primary N) is 1. The van der Waals surface area contributed by atoms with Gasteiger partial charge in [0.15, 0.2) is 17.1 Å². The Balaban J connectivity index is 2.12. The lowest BCUT2D eigenvalue weighted by Crippen LogP contribution is -2.05. The molecule has 0 saturated heterocycles. The van der Waals surface area contributed by atoms with Crippen molar-refractivity contribution in [2.75, 3.05) is 27.1 Å². The molecule has 1 aromatic carbocycles. The molecule has 0 fully saturated rings. The summed E-state index contributed by atoms with van der Waals surface area (Å²) in [7, 11) is 4.61. The van der Waals surface area contributed by atoms with E-state index in [1.807, 2.05) is 11.5 Å². The number of benzene rings is 1. The molecule has 0 aliphatic carbocycles. The van der Waals surface area contributed by atoms with Gasteiger partial charge in [-0.15, -0.1) is 0 Å². The number of halogens is 1. The van der Waals surface area contributed by atoms with Gasteiger partial charge in [-0.3, -0.25) is 0 Å². The number of fused-ring (bicyclic) bond motifs is 1. The third-order valence-electron chi connectivity index (χ3n) is 3.84. The molecule has 2 aromatic heterocycles. The number of rotatable bonds is 5. The van der Waals surface area contributed by atoms with E-state index >= 15 is 0 Å². The first-order chi connectivity index (χ1) is 12.0. The van der Waals surface area contributed by atoms with Gasteiger partial charge < -0.3 is 24.5 Å². The van der Waals surface area contributed by atoms with E-state index in [4.69, 9.17) is 31.5 Å². The predicted octanol–water partition coefficient (Wildman–Crippen LogP) is 2.44. The van der Waals surface area contributed by atoms with Gasteiger partial charge in [0.2, 0.25) is 11.7 Å². The van der Waals surface area contributed by atoms with E-state index < -0.39 is 0 Å². The molecule has 0 unspecified atom stereocenters. The van der Waals surface area contributed by atoms with Crippen LogP contribution in [0.4, 0.5) is 5.95 Å². The molecule has 0 saturated carbocycles. The lowest BCUT2D eigenvalue weighted by Gasteiger charge is -2.16. The van der Waals surface area contributed by atoms with Crippen molar-refractivity contribution in [1.29, 1.82) is 0 Å². The molecule has 9 heteroatoms.